The zero-order valence-corrected chi connectivity index (χ0v) is 16.1. The smallest absolute Gasteiger partial charge is 0.303 e. The van der Waals surface area contributed by atoms with Gasteiger partial charge in [0.1, 0.15) is 0 Å². The van der Waals surface area contributed by atoms with Gasteiger partial charge in [0.15, 0.2) is 0 Å². The number of aliphatic carboxylic acids is 1. The van der Waals surface area contributed by atoms with E-state index in [1.54, 1.807) is 12.1 Å². The van der Waals surface area contributed by atoms with Crippen LogP contribution in [0.4, 0.5) is 0 Å². The van der Waals surface area contributed by atoms with E-state index < -0.39 is 12.1 Å². The summed E-state index contributed by atoms with van der Waals surface area (Å²) < 4.78 is 0. The van der Waals surface area contributed by atoms with Crippen LogP contribution in [0.2, 0.25) is 5.02 Å². The maximum Gasteiger partial charge on any atom is 0.303 e. The highest BCUT2D eigenvalue weighted by molar-refractivity contribution is 6.30. The molecule has 5 heteroatoms. The Bertz CT molecular complexity index is 793. The van der Waals surface area contributed by atoms with Crippen LogP contribution in [0, 0.1) is 0 Å². The summed E-state index contributed by atoms with van der Waals surface area (Å²) >= 11 is 6.01. The van der Waals surface area contributed by atoms with Gasteiger partial charge < -0.3 is 15.5 Å². The molecular weight excluding hydrogens is 362 g/mol. The van der Waals surface area contributed by atoms with Gasteiger partial charge in [-0.2, -0.15) is 0 Å². The van der Waals surface area contributed by atoms with Gasteiger partial charge in [-0.05, 0) is 66.5 Å². The van der Waals surface area contributed by atoms with Crippen LogP contribution in [0.15, 0.2) is 42.5 Å². The van der Waals surface area contributed by atoms with Gasteiger partial charge in [-0.15, -0.1) is 0 Å². The van der Waals surface area contributed by atoms with Crippen molar-refractivity contribution in [3.63, 3.8) is 0 Å². The Balaban J connectivity index is 1.61. The lowest BCUT2D eigenvalue weighted by atomic mass is 9.97. The molecule has 2 atom stereocenters. The molecule has 0 radical (unpaired) electrons. The predicted octanol–water partition coefficient (Wildman–Crippen LogP) is 3.93. The third-order valence-electron chi connectivity index (χ3n) is 5.20. The molecule has 1 aliphatic carbocycles. The SMILES string of the molecule is O=C(O)CCc1ccc2c(c1)CC(NC[C@H](O)c1cccc(Cl)c1)CCC2. The minimum atomic E-state index is -0.764. The molecule has 3 N–H and O–H groups in total. The normalized spacial score (nSPS) is 17.8. The van der Waals surface area contributed by atoms with E-state index in [9.17, 15) is 9.90 Å². The summed E-state index contributed by atoms with van der Waals surface area (Å²) in [6.45, 7) is 0.485. The number of hydrogen-bond donors (Lipinski definition) is 3. The summed E-state index contributed by atoms with van der Waals surface area (Å²) in [5.41, 5.74) is 4.55. The number of hydrogen-bond acceptors (Lipinski definition) is 3. The van der Waals surface area contributed by atoms with Gasteiger partial charge in [0.25, 0.3) is 0 Å². The molecule has 0 saturated heterocycles. The first-order chi connectivity index (χ1) is 13.0. The molecule has 1 aliphatic rings. The standard InChI is InChI=1S/C22H26ClNO3/c23-19-5-1-4-17(12-19)21(25)14-24-20-6-2-3-16-9-7-15(8-10-22(26)27)11-18(16)13-20/h1,4-5,7,9,11-12,20-21,24-25H,2-3,6,8,10,13-14H2,(H,26,27)/t20?,21-/m0/s1. The lowest BCUT2D eigenvalue weighted by Gasteiger charge is -2.20. The fourth-order valence-corrected chi connectivity index (χ4v) is 3.91. The van der Waals surface area contributed by atoms with E-state index >= 15 is 0 Å². The van der Waals surface area contributed by atoms with E-state index in [1.165, 1.54) is 11.1 Å². The third kappa shape index (κ3) is 5.80. The molecule has 0 aromatic heterocycles. The van der Waals surface area contributed by atoms with Gasteiger partial charge in [-0.3, -0.25) is 4.79 Å². The molecule has 27 heavy (non-hydrogen) atoms. The summed E-state index contributed by atoms with van der Waals surface area (Å²) in [5.74, 6) is -0.764. The van der Waals surface area contributed by atoms with Crippen LogP contribution in [0.5, 0.6) is 0 Å². The second kappa shape index (κ2) is 9.36. The number of carbonyl (C=O) groups is 1. The molecule has 0 aliphatic heterocycles. The Labute approximate surface area is 165 Å². The van der Waals surface area contributed by atoms with Crippen LogP contribution < -0.4 is 5.32 Å². The van der Waals surface area contributed by atoms with Crippen LogP contribution in [0.25, 0.3) is 0 Å². The van der Waals surface area contributed by atoms with Gasteiger partial charge in [0.05, 0.1) is 6.10 Å². The Morgan fingerprint density at radius 3 is 2.85 bits per heavy atom. The third-order valence-corrected chi connectivity index (χ3v) is 5.43. The van der Waals surface area contributed by atoms with E-state index in [4.69, 9.17) is 16.7 Å². The number of aryl methyl sites for hydroxylation is 2. The van der Waals surface area contributed by atoms with E-state index in [1.807, 2.05) is 12.1 Å². The molecule has 0 fully saturated rings. The van der Waals surface area contributed by atoms with Crippen molar-refractivity contribution in [2.24, 2.45) is 0 Å². The second-order valence-corrected chi connectivity index (χ2v) is 7.71. The quantitative estimate of drug-likeness (QED) is 0.629. The van der Waals surface area contributed by atoms with Crippen molar-refractivity contribution in [1.29, 1.82) is 0 Å². The largest absolute Gasteiger partial charge is 0.481 e. The Morgan fingerprint density at radius 1 is 1.22 bits per heavy atom. The number of carboxylic acid groups (broad SMARTS) is 1. The lowest BCUT2D eigenvalue weighted by molar-refractivity contribution is -0.136. The molecule has 0 saturated carbocycles. The Kier molecular flexibility index (Phi) is 6.89. The second-order valence-electron chi connectivity index (χ2n) is 7.27. The molecule has 2 aromatic carbocycles. The number of rotatable bonds is 7. The lowest BCUT2D eigenvalue weighted by Crippen LogP contribution is -2.34. The monoisotopic (exact) mass is 387 g/mol. The van der Waals surface area contributed by atoms with Crippen molar-refractivity contribution in [3.8, 4) is 0 Å². The first-order valence-electron chi connectivity index (χ1n) is 9.50. The van der Waals surface area contributed by atoms with Crippen molar-refractivity contribution in [1.82, 2.24) is 5.32 Å². The van der Waals surface area contributed by atoms with Crippen LogP contribution in [-0.4, -0.2) is 28.8 Å². The van der Waals surface area contributed by atoms with Gasteiger partial charge in [0, 0.05) is 24.0 Å². The summed E-state index contributed by atoms with van der Waals surface area (Å²) in [4.78, 5) is 10.8. The molecule has 3 rings (SSSR count). The topological polar surface area (TPSA) is 69.6 Å². The predicted molar refractivity (Wildman–Crippen MR) is 107 cm³/mol. The fraction of sp³-hybridized carbons (Fsp3) is 0.409. The molecule has 2 aromatic rings. The summed E-state index contributed by atoms with van der Waals surface area (Å²) in [5, 5.41) is 23.5. The molecule has 0 heterocycles. The number of carboxylic acids is 1. The maximum absolute atomic E-state index is 10.8. The summed E-state index contributed by atoms with van der Waals surface area (Å²) in [6, 6.07) is 14.0. The number of halogens is 1. The van der Waals surface area contributed by atoms with Crippen molar-refractivity contribution < 1.29 is 15.0 Å². The summed E-state index contributed by atoms with van der Waals surface area (Å²) in [7, 11) is 0. The highest BCUT2D eigenvalue weighted by Crippen LogP contribution is 2.24. The molecular formula is C22H26ClNO3. The highest BCUT2D eigenvalue weighted by atomic mass is 35.5. The average Bonchev–Trinajstić information content (AvgIpc) is 2.85. The number of aliphatic hydroxyl groups is 1. The molecule has 1 unspecified atom stereocenters. The van der Waals surface area contributed by atoms with E-state index in [2.05, 4.69) is 23.5 Å². The summed E-state index contributed by atoms with van der Waals surface area (Å²) in [6.07, 6.45) is 4.24. The average molecular weight is 388 g/mol. The van der Waals surface area contributed by atoms with Gasteiger partial charge >= 0.3 is 5.97 Å². The van der Waals surface area contributed by atoms with E-state index in [-0.39, 0.29) is 6.42 Å². The Morgan fingerprint density at radius 2 is 2.07 bits per heavy atom. The van der Waals surface area contributed by atoms with Crippen molar-refractivity contribution in [3.05, 3.63) is 69.7 Å². The zero-order chi connectivity index (χ0) is 19.2. The number of aliphatic hydroxyl groups excluding tert-OH is 1. The van der Waals surface area contributed by atoms with Crippen LogP contribution in [0.1, 0.15) is 47.6 Å². The molecule has 4 nitrogen and oxygen atoms in total. The first-order valence-corrected chi connectivity index (χ1v) is 9.88. The molecule has 0 bridgehead atoms. The van der Waals surface area contributed by atoms with Crippen LogP contribution in [0.3, 0.4) is 0 Å². The molecule has 144 valence electrons. The first kappa shape index (κ1) is 19.9. The number of nitrogens with one attached hydrogen (secondary N) is 1. The molecule has 0 amide bonds. The van der Waals surface area contributed by atoms with Crippen molar-refractivity contribution in [2.75, 3.05) is 6.54 Å². The van der Waals surface area contributed by atoms with E-state index in [0.717, 1.165) is 36.8 Å². The van der Waals surface area contributed by atoms with Crippen LogP contribution >= 0.6 is 11.6 Å². The number of fused-ring (bicyclic) bond motifs is 1. The highest BCUT2D eigenvalue weighted by Gasteiger charge is 2.18. The van der Waals surface area contributed by atoms with Crippen molar-refractivity contribution >= 4 is 17.6 Å². The number of benzene rings is 2. The van der Waals surface area contributed by atoms with Crippen molar-refractivity contribution in [2.45, 2.75) is 50.7 Å². The fourth-order valence-electron chi connectivity index (χ4n) is 3.71. The van der Waals surface area contributed by atoms with Crippen LogP contribution in [-0.2, 0) is 24.1 Å². The van der Waals surface area contributed by atoms with Gasteiger partial charge in [-0.1, -0.05) is 41.9 Å². The Hall–Kier alpha value is -1.88. The zero-order valence-electron chi connectivity index (χ0n) is 15.3. The van der Waals surface area contributed by atoms with Gasteiger partial charge in [-0.25, -0.2) is 0 Å². The van der Waals surface area contributed by atoms with E-state index in [0.29, 0.717) is 24.0 Å². The minimum Gasteiger partial charge on any atom is -0.481 e. The minimum absolute atomic E-state index is 0.159. The molecule has 0 spiro atoms. The van der Waals surface area contributed by atoms with Gasteiger partial charge in [0.2, 0.25) is 0 Å². The maximum atomic E-state index is 10.8.